The summed E-state index contributed by atoms with van der Waals surface area (Å²) in [7, 11) is 0. The Hall–Kier alpha value is -4.79. The number of rotatable bonds is 16. The maximum atomic E-state index is 14.0. The number of phenols is 1. The summed E-state index contributed by atoms with van der Waals surface area (Å²) in [6.07, 6.45) is 1.92. The largest absolute Gasteiger partial charge is 0.508 e. The molecule has 1 heterocycles. The average molecular weight is 742 g/mol. The third-order valence-electron chi connectivity index (χ3n) is 8.16. The number of piperazine rings is 1. The molecule has 52 heavy (non-hydrogen) atoms. The van der Waals surface area contributed by atoms with Crippen LogP contribution in [0.1, 0.15) is 52.2 Å². The van der Waals surface area contributed by atoms with Crippen molar-refractivity contribution in [1.29, 1.82) is 0 Å². The van der Waals surface area contributed by atoms with Crippen LogP contribution in [0.25, 0.3) is 0 Å². The molecule has 15 heteroatoms. The molecular formula is C37H51N5O9S. The summed E-state index contributed by atoms with van der Waals surface area (Å²) < 4.78 is 10.7. The van der Waals surface area contributed by atoms with Crippen molar-refractivity contribution >= 4 is 47.5 Å². The molecule has 0 spiro atoms. The van der Waals surface area contributed by atoms with Gasteiger partial charge in [-0.3, -0.25) is 24.1 Å². The molecule has 0 bridgehead atoms. The zero-order chi connectivity index (χ0) is 38.4. The van der Waals surface area contributed by atoms with Gasteiger partial charge < -0.3 is 35.4 Å². The van der Waals surface area contributed by atoms with Crippen LogP contribution in [0.4, 0.5) is 4.79 Å². The number of ether oxygens (including phenoxy) is 2. The Morgan fingerprint density at radius 2 is 1.60 bits per heavy atom. The van der Waals surface area contributed by atoms with Gasteiger partial charge in [0.25, 0.3) is 0 Å². The van der Waals surface area contributed by atoms with E-state index in [9.17, 15) is 33.9 Å². The fourth-order valence-electron chi connectivity index (χ4n) is 5.59. The number of carbonyl (C=O) groups excluding carboxylic acids is 6. The predicted octanol–water partition coefficient (Wildman–Crippen LogP) is 2.42. The third kappa shape index (κ3) is 12.8. The number of benzene rings is 2. The molecule has 1 aliphatic rings. The molecular weight excluding hydrogens is 691 g/mol. The summed E-state index contributed by atoms with van der Waals surface area (Å²) in [6.45, 7) is 8.19. The van der Waals surface area contributed by atoms with Gasteiger partial charge in [-0.2, -0.15) is 11.8 Å². The topological polar surface area (TPSA) is 184 Å². The van der Waals surface area contributed by atoms with E-state index < -0.39 is 66.1 Å². The van der Waals surface area contributed by atoms with E-state index in [1.54, 1.807) is 39.8 Å². The molecule has 1 fully saturated rings. The number of nitrogens with one attached hydrogen (secondary N) is 3. The number of phenolic OH excluding ortho intramolecular Hbond substituents is 1. The van der Waals surface area contributed by atoms with Crippen molar-refractivity contribution in [2.24, 2.45) is 0 Å². The van der Waals surface area contributed by atoms with Crippen LogP contribution in [0.3, 0.4) is 0 Å². The van der Waals surface area contributed by atoms with Gasteiger partial charge in [0.05, 0.1) is 13.2 Å². The number of aromatic hydroxyl groups is 1. The van der Waals surface area contributed by atoms with Crippen molar-refractivity contribution in [2.45, 2.75) is 83.6 Å². The highest BCUT2D eigenvalue weighted by molar-refractivity contribution is 7.98. The molecule has 0 aromatic heterocycles. The zero-order valence-electron chi connectivity index (χ0n) is 30.7. The van der Waals surface area contributed by atoms with Crippen LogP contribution in [-0.4, -0.2) is 119 Å². The van der Waals surface area contributed by atoms with Gasteiger partial charge in [0.2, 0.25) is 23.6 Å². The number of nitrogens with zero attached hydrogens (tertiary/aromatic N) is 2. The summed E-state index contributed by atoms with van der Waals surface area (Å²) in [4.78, 5) is 82.4. The van der Waals surface area contributed by atoms with Crippen molar-refractivity contribution in [3.63, 3.8) is 0 Å². The molecule has 0 aliphatic carbocycles. The fourth-order valence-corrected chi connectivity index (χ4v) is 6.05. The normalized spacial score (nSPS) is 16.3. The van der Waals surface area contributed by atoms with Crippen LogP contribution >= 0.6 is 11.8 Å². The summed E-state index contributed by atoms with van der Waals surface area (Å²) in [5, 5.41) is 17.3. The molecule has 14 nitrogen and oxygen atoms in total. The number of esters is 1. The lowest BCUT2D eigenvalue weighted by molar-refractivity contribution is -0.149. The summed E-state index contributed by atoms with van der Waals surface area (Å²) >= 11 is 1.53. The Bertz CT molecular complexity index is 1530. The van der Waals surface area contributed by atoms with Gasteiger partial charge in [0.15, 0.2) is 0 Å². The highest BCUT2D eigenvalue weighted by Gasteiger charge is 2.43. The number of hydrogen-bond donors (Lipinski definition) is 4. The zero-order valence-corrected chi connectivity index (χ0v) is 31.5. The number of hydrogen-bond acceptors (Lipinski definition) is 10. The van der Waals surface area contributed by atoms with E-state index >= 15 is 0 Å². The van der Waals surface area contributed by atoms with E-state index in [0.717, 1.165) is 5.56 Å². The van der Waals surface area contributed by atoms with Crippen molar-refractivity contribution in [1.82, 2.24) is 25.8 Å². The number of amides is 5. The molecule has 2 aromatic rings. The van der Waals surface area contributed by atoms with Crippen LogP contribution < -0.4 is 16.0 Å². The van der Waals surface area contributed by atoms with Gasteiger partial charge in [-0.15, -0.1) is 0 Å². The van der Waals surface area contributed by atoms with Gasteiger partial charge in [-0.1, -0.05) is 42.5 Å². The van der Waals surface area contributed by atoms with Gasteiger partial charge >= 0.3 is 12.1 Å². The van der Waals surface area contributed by atoms with E-state index in [1.807, 2.05) is 36.6 Å². The molecule has 4 atom stereocenters. The van der Waals surface area contributed by atoms with E-state index in [-0.39, 0.29) is 44.2 Å². The maximum absolute atomic E-state index is 14.0. The highest BCUT2D eigenvalue weighted by Crippen LogP contribution is 2.23. The Morgan fingerprint density at radius 3 is 2.21 bits per heavy atom. The van der Waals surface area contributed by atoms with Crippen molar-refractivity contribution in [3.8, 4) is 5.75 Å². The fraction of sp³-hybridized carbons (Fsp3) is 0.514. The smallest absolute Gasteiger partial charge is 0.411 e. The average Bonchev–Trinajstić information content (AvgIpc) is 3.09. The first kappa shape index (κ1) is 41.6. The lowest BCUT2D eigenvalue weighted by Gasteiger charge is -2.43. The first-order chi connectivity index (χ1) is 24.6. The van der Waals surface area contributed by atoms with Crippen LogP contribution in [0, 0.1) is 0 Å². The second-order valence-corrected chi connectivity index (χ2v) is 14.4. The number of carbonyl (C=O) groups is 6. The van der Waals surface area contributed by atoms with E-state index in [1.165, 1.54) is 40.6 Å². The van der Waals surface area contributed by atoms with E-state index in [2.05, 4.69) is 16.0 Å². The summed E-state index contributed by atoms with van der Waals surface area (Å²) in [5.74, 6) is -2.28. The van der Waals surface area contributed by atoms with Crippen LogP contribution in [0.5, 0.6) is 5.75 Å². The van der Waals surface area contributed by atoms with Gasteiger partial charge in [0, 0.05) is 25.9 Å². The molecule has 1 saturated heterocycles. The molecule has 0 unspecified atom stereocenters. The number of thioether (sulfide) groups is 1. The lowest BCUT2D eigenvalue weighted by Crippen LogP contribution is -2.64. The van der Waals surface area contributed by atoms with Crippen molar-refractivity contribution in [2.75, 3.05) is 38.2 Å². The van der Waals surface area contributed by atoms with Gasteiger partial charge in [-0.25, -0.2) is 9.59 Å². The van der Waals surface area contributed by atoms with Crippen LogP contribution in [0.15, 0.2) is 54.6 Å². The molecule has 4 N–H and O–H groups in total. The second kappa shape index (κ2) is 19.7. The Morgan fingerprint density at radius 1 is 0.942 bits per heavy atom. The maximum Gasteiger partial charge on any atom is 0.411 e. The minimum absolute atomic E-state index is 0.0537. The lowest BCUT2D eigenvalue weighted by atomic mass is 10.00. The Kier molecular flexibility index (Phi) is 15.8. The van der Waals surface area contributed by atoms with Gasteiger partial charge in [0.1, 0.15) is 35.5 Å². The Balaban J connectivity index is 1.70. The third-order valence-corrected chi connectivity index (χ3v) is 8.80. The molecule has 2 aromatic carbocycles. The Labute approximate surface area is 309 Å². The minimum atomic E-state index is -1.08. The highest BCUT2D eigenvalue weighted by atomic mass is 32.2. The summed E-state index contributed by atoms with van der Waals surface area (Å²) in [6, 6.07) is 11.4. The van der Waals surface area contributed by atoms with E-state index in [4.69, 9.17) is 9.47 Å². The summed E-state index contributed by atoms with van der Waals surface area (Å²) in [5.41, 5.74) is 0.705. The first-order valence-corrected chi connectivity index (χ1v) is 18.7. The predicted molar refractivity (Wildman–Crippen MR) is 196 cm³/mol. The molecule has 5 amide bonds. The molecule has 0 radical (unpaired) electrons. The monoisotopic (exact) mass is 741 g/mol. The second-order valence-electron chi connectivity index (χ2n) is 13.4. The molecule has 284 valence electrons. The standard InChI is InChI=1S/C37H51N5O9S/c1-7-50-35(48)28(21-26-13-15-27(43)16-14-26)40-32(45)24(2)39-31(44)23-38-33(46)30(22-25-11-9-8-10-12-25)41-18-19-42(36(49)51-37(3,4)5)29(34(41)47)17-20-52-6/h8-16,24,28-30,43H,7,17-23H2,1-6H3,(H,38,46)(H,39,44)(H,40,45)/t24-,28+,29+,30-/m1/s1. The van der Waals surface area contributed by atoms with Crippen molar-refractivity contribution < 1.29 is 43.3 Å². The molecule has 0 saturated carbocycles. The van der Waals surface area contributed by atoms with Gasteiger partial charge in [-0.05, 0) is 76.3 Å². The molecule has 1 aliphatic heterocycles. The molecule has 3 rings (SSSR count). The first-order valence-electron chi connectivity index (χ1n) is 17.3. The quantitative estimate of drug-likeness (QED) is 0.187. The van der Waals surface area contributed by atoms with E-state index in [0.29, 0.717) is 17.7 Å². The minimum Gasteiger partial charge on any atom is -0.508 e. The van der Waals surface area contributed by atoms with Crippen molar-refractivity contribution in [3.05, 3.63) is 65.7 Å². The SMILES string of the molecule is CCOC(=O)[C@H](Cc1ccc(O)cc1)NC(=O)[C@@H](C)NC(=O)CNC(=O)[C@@H](Cc1ccccc1)N1CCN(C(=O)OC(C)(C)C)[C@@H](CCSC)C1=O. The van der Waals surface area contributed by atoms with Crippen LogP contribution in [-0.2, 0) is 46.3 Å². The van der Waals surface area contributed by atoms with Crippen LogP contribution in [0.2, 0.25) is 0 Å².